The Morgan fingerprint density at radius 1 is 1.42 bits per heavy atom. The van der Waals surface area contributed by atoms with E-state index in [1.807, 2.05) is 6.92 Å². The molecule has 2 saturated heterocycles. The second-order valence-electron chi connectivity index (χ2n) is 5.63. The monoisotopic (exact) mass is 269 g/mol. The molecule has 2 amide bonds. The zero-order valence-corrected chi connectivity index (χ0v) is 11.9. The molecule has 108 valence electrons. The molecule has 0 aliphatic carbocycles. The summed E-state index contributed by atoms with van der Waals surface area (Å²) < 4.78 is 5.61. The van der Waals surface area contributed by atoms with Crippen molar-refractivity contribution in [1.29, 1.82) is 0 Å². The molecule has 2 rings (SSSR count). The molecule has 2 unspecified atom stereocenters. The van der Waals surface area contributed by atoms with Gasteiger partial charge >= 0.3 is 0 Å². The molecule has 0 radical (unpaired) electrons. The fraction of sp³-hybridized carbons (Fsp3) is 0.846. The van der Waals surface area contributed by atoms with E-state index in [0.717, 1.165) is 19.4 Å². The number of hydrogen-bond acceptors (Lipinski definition) is 4. The Balaban J connectivity index is 2.15. The molecule has 0 aromatic rings. The van der Waals surface area contributed by atoms with Crippen molar-refractivity contribution in [3.05, 3.63) is 0 Å². The van der Waals surface area contributed by atoms with Crippen LogP contribution in [0, 0.1) is 0 Å². The van der Waals surface area contributed by atoms with Gasteiger partial charge in [-0.15, -0.1) is 0 Å². The third-order valence-corrected chi connectivity index (χ3v) is 3.90. The van der Waals surface area contributed by atoms with Crippen molar-refractivity contribution in [2.75, 3.05) is 40.3 Å². The van der Waals surface area contributed by atoms with Gasteiger partial charge in [-0.1, -0.05) is 0 Å². The molecule has 6 nitrogen and oxygen atoms in total. The van der Waals surface area contributed by atoms with Gasteiger partial charge in [-0.05, 0) is 19.8 Å². The van der Waals surface area contributed by atoms with Crippen LogP contribution in [0.5, 0.6) is 0 Å². The van der Waals surface area contributed by atoms with E-state index in [1.165, 1.54) is 4.90 Å². The Labute approximate surface area is 114 Å². The van der Waals surface area contributed by atoms with Crippen molar-refractivity contribution in [3.8, 4) is 0 Å². The maximum Gasteiger partial charge on any atom is 0.255 e. The van der Waals surface area contributed by atoms with Crippen molar-refractivity contribution in [1.82, 2.24) is 15.1 Å². The van der Waals surface area contributed by atoms with E-state index in [2.05, 4.69) is 5.32 Å². The van der Waals surface area contributed by atoms with Crippen LogP contribution in [0.2, 0.25) is 0 Å². The van der Waals surface area contributed by atoms with E-state index in [1.54, 1.807) is 19.0 Å². The van der Waals surface area contributed by atoms with Crippen LogP contribution in [0.4, 0.5) is 0 Å². The van der Waals surface area contributed by atoms with E-state index in [4.69, 9.17) is 4.74 Å². The Morgan fingerprint density at radius 3 is 2.74 bits per heavy atom. The van der Waals surface area contributed by atoms with Crippen molar-refractivity contribution < 1.29 is 14.3 Å². The maximum absolute atomic E-state index is 12.7. The third kappa shape index (κ3) is 2.74. The van der Waals surface area contributed by atoms with Gasteiger partial charge in [-0.25, -0.2) is 0 Å². The van der Waals surface area contributed by atoms with Crippen LogP contribution >= 0.6 is 0 Å². The molecule has 2 aliphatic heterocycles. The first-order valence-electron chi connectivity index (χ1n) is 6.82. The lowest BCUT2D eigenvalue weighted by Gasteiger charge is -2.40. The minimum atomic E-state index is -0.748. The molecule has 2 heterocycles. The number of hydrogen-bond donors (Lipinski definition) is 1. The summed E-state index contributed by atoms with van der Waals surface area (Å²) in [4.78, 5) is 28.1. The van der Waals surface area contributed by atoms with Crippen LogP contribution in [-0.2, 0) is 14.3 Å². The minimum Gasteiger partial charge on any atom is -0.365 e. The van der Waals surface area contributed by atoms with Crippen LogP contribution in [0.25, 0.3) is 0 Å². The van der Waals surface area contributed by atoms with E-state index in [0.29, 0.717) is 19.7 Å². The number of nitrogens with one attached hydrogen (secondary N) is 1. The first-order valence-corrected chi connectivity index (χ1v) is 6.82. The number of rotatable bonds is 2. The summed E-state index contributed by atoms with van der Waals surface area (Å²) >= 11 is 0. The largest absolute Gasteiger partial charge is 0.365 e. The Morgan fingerprint density at radius 2 is 2.16 bits per heavy atom. The van der Waals surface area contributed by atoms with Gasteiger partial charge in [0.15, 0.2) is 0 Å². The average molecular weight is 269 g/mol. The highest BCUT2D eigenvalue weighted by Gasteiger charge is 2.44. The first-order chi connectivity index (χ1) is 8.96. The zero-order valence-electron chi connectivity index (χ0n) is 11.9. The van der Waals surface area contributed by atoms with Gasteiger partial charge in [-0.2, -0.15) is 0 Å². The fourth-order valence-corrected chi connectivity index (χ4v) is 2.72. The summed E-state index contributed by atoms with van der Waals surface area (Å²) in [6.07, 6.45) is 1.64. The smallest absolute Gasteiger partial charge is 0.255 e. The summed E-state index contributed by atoms with van der Waals surface area (Å²) in [6, 6.07) is -0.419. The highest BCUT2D eigenvalue weighted by molar-refractivity contribution is 5.91. The second kappa shape index (κ2) is 5.46. The molecule has 0 aromatic heterocycles. The lowest BCUT2D eigenvalue weighted by Crippen LogP contribution is -2.62. The number of carbonyl (C=O) groups excluding carboxylic acids is 2. The molecule has 6 heteroatoms. The van der Waals surface area contributed by atoms with Gasteiger partial charge < -0.3 is 19.9 Å². The van der Waals surface area contributed by atoms with Crippen LogP contribution in [0.3, 0.4) is 0 Å². The molecule has 2 aliphatic rings. The highest BCUT2D eigenvalue weighted by atomic mass is 16.5. The van der Waals surface area contributed by atoms with Crippen LogP contribution in [0.15, 0.2) is 0 Å². The number of piperazine rings is 1. The van der Waals surface area contributed by atoms with Crippen molar-refractivity contribution in [2.24, 2.45) is 0 Å². The lowest BCUT2D eigenvalue weighted by molar-refractivity contribution is -0.159. The normalized spacial score (nSPS) is 31.3. The Hall–Kier alpha value is -1.14. The number of ether oxygens (including phenoxy) is 1. The zero-order chi connectivity index (χ0) is 14.0. The molecule has 0 aromatic carbocycles. The van der Waals surface area contributed by atoms with Gasteiger partial charge in [0.25, 0.3) is 5.91 Å². The minimum absolute atomic E-state index is 0.0397. The number of carbonyl (C=O) groups is 2. The highest BCUT2D eigenvalue weighted by Crippen LogP contribution is 2.28. The standard InChI is InChI=1S/C13H23N3O3/c1-13(5-4-8-19-13)12(18)16-7-6-14-9-10(16)11(17)15(2)3/h10,14H,4-9H2,1-3H3. The molecule has 2 atom stereocenters. The summed E-state index contributed by atoms with van der Waals surface area (Å²) in [7, 11) is 3.43. The predicted octanol–water partition coefficient (Wildman–Crippen LogP) is -0.556. The summed E-state index contributed by atoms with van der Waals surface area (Å²) in [5.74, 6) is -0.0890. The number of likely N-dealkylation sites (N-methyl/N-ethyl adjacent to an activating group) is 1. The molecule has 0 bridgehead atoms. The second-order valence-corrected chi connectivity index (χ2v) is 5.63. The van der Waals surface area contributed by atoms with Gasteiger partial charge in [-0.3, -0.25) is 9.59 Å². The Bertz CT molecular complexity index is 364. The molecule has 1 N–H and O–H groups in total. The topological polar surface area (TPSA) is 61.9 Å². The van der Waals surface area contributed by atoms with Gasteiger partial charge in [0.2, 0.25) is 5.91 Å². The molecule has 0 spiro atoms. The average Bonchev–Trinajstić information content (AvgIpc) is 2.85. The number of amides is 2. The van der Waals surface area contributed by atoms with Crippen molar-refractivity contribution in [2.45, 2.75) is 31.4 Å². The summed E-state index contributed by atoms with van der Waals surface area (Å²) in [5.41, 5.74) is -0.748. The summed E-state index contributed by atoms with van der Waals surface area (Å²) in [6.45, 7) is 4.25. The van der Waals surface area contributed by atoms with Crippen molar-refractivity contribution >= 4 is 11.8 Å². The first kappa shape index (κ1) is 14.3. The quantitative estimate of drug-likeness (QED) is 0.730. The molecular weight excluding hydrogens is 246 g/mol. The van der Waals surface area contributed by atoms with E-state index >= 15 is 0 Å². The third-order valence-electron chi connectivity index (χ3n) is 3.90. The van der Waals surface area contributed by atoms with Crippen LogP contribution in [-0.4, -0.2) is 73.6 Å². The van der Waals surface area contributed by atoms with Crippen LogP contribution in [0.1, 0.15) is 19.8 Å². The van der Waals surface area contributed by atoms with E-state index in [-0.39, 0.29) is 11.8 Å². The van der Waals surface area contributed by atoms with Gasteiger partial charge in [0, 0.05) is 40.3 Å². The van der Waals surface area contributed by atoms with Gasteiger partial charge in [0.1, 0.15) is 11.6 Å². The molecule has 0 saturated carbocycles. The predicted molar refractivity (Wildman–Crippen MR) is 70.7 cm³/mol. The SMILES string of the molecule is CN(C)C(=O)C1CNCCN1C(=O)C1(C)CCCO1. The van der Waals surface area contributed by atoms with Crippen molar-refractivity contribution in [3.63, 3.8) is 0 Å². The van der Waals surface area contributed by atoms with Crippen LogP contribution < -0.4 is 5.32 Å². The maximum atomic E-state index is 12.7. The van der Waals surface area contributed by atoms with E-state index < -0.39 is 11.6 Å². The fourth-order valence-electron chi connectivity index (χ4n) is 2.72. The molecule has 2 fully saturated rings. The molecular formula is C13H23N3O3. The number of nitrogens with zero attached hydrogens (tertiary/aromatic N) is 2. The Kier molecular flexibility index (Phi) is 4.10. The molecule has 19 heavy (non-hydrogen) atoms. The van der Waals surface area contributed by atoms with E-state index in [9.17, 15) is 9.59 Å². The summed E-state index contributed by atoms with van der Waals surface area (Å²) in [5, 5.41) is 3.18. The van der Waals surface area contributed by atoms with Gasteiger partial charge in [0.05, 0.1) is 0 Å². The lowest BCUT2D eigenvalue weighted by atomic mass is 9.99.